The third-order valence-electron chi connectivity index (χ3n) is 4.25. The molecule has 0 bridgehead atoms. The molecule has 0 saturated carbocycles. The lowest BCUT2D eigenvalue weighted by Crippen LogP contribution is -2.06. The van der Waals surface area contributed by atoms with Crippen molar-refractivity contribution in [1.82, 2.24) is 0 Å². The minimum Gasteiger partial charge on any atom is -0.497 e. The summed E-state index contributed by atoms with van der Waals surface area (Å²) in [5.41, 5.74) is 3.48. The van der Waals surface area contributed by atoms with Crippen LogP contribution in [0.4, 0.5) is 0 Å². The first-order chi connectivity index (χ1) is 12.3. The second-order valence-corrected chi connectivity index (χ2v) is 5.73. The van der Waals surface area contributed by atoms with Gasteiger partial charge in [0, 0.05) is 10.9 Å². The normalized spacial score (nSPS) is 10.8. The molecule has 1 aromatic heterocycles. The van der Waals surface area contributed by atoms with E-state index in [9.17, 15) is 4.79 Å². The summed E-state index contributed by atoms with van der Waals surface area (Å²) in [6.45, 7) is 0. The lowest BCUT2D eigenvalue weighted by atomic mass is 9.93. The van der Waals surface area contributed by atoms with Crippen molar-refractivity contribution in [3.8, 4) is 28.0 Å². The molecule has 4 aromatic rings. The SMILES string of the molecule is COc1ccc(-c2c(-c3ccccc3)c(=O)oc3ccccc23)cc1. The van der Waals surface area contributed by atoms with Gasteiger partial charge in [0.2, 0.25) is 0 Å². The van der Waals surface area contributed by atoms with E-state index in [4.69, 9.17) is 9.15 Å². The van der Waals surface area contributed by atoms with E-state index in [2.05, 4.69) is 0 Å². The Kier molecular flexibility index (Phi) is 3.82. The fraction of sp³-hybridized carbons (Fsp3) is 0.0455. The minimum absolute atomic E-state index is 0.337. The minimum atomic E-state index is -0.337. The lowest BCUT2D eigenvalue weighted by molar-refractivity contribution is 0.415. The largest absolute Gasteiger partial charge is 0.497 e. The van der Waals surface area contributed by atoms with Crippen LogP contribution < -0.4 is 10.4 Å². The summed E-state index contributed by atoms with van der Waals surface area (Å²) in [4.78, 5) is 12.8. The maximum atomic E-state index is 12.8. The zero-order chi connectivity index (χ0) is 17.2. The highest BCUT2D eigenvalue weighted by Gasteiger charge is 2.17. The van der Waals surface area contributed by atoms with E-state index in [0.29, 0.717) is 11.1 Å². The number of methoxy groups -OCH3 is 1. The van der Waals surface area contributed by atoms with Crippen molar-refractivity contribution in [2.75, 3.05) is 7.11 Å². The van der Waals surface area contributed by atoms with Crippen molar-refractivity contribution in [1.29, 1.82) is 0 Å². The third-order valence-corrected chi connectivity index (χ3v) is 4.25. The molecule has 0 N–H and O–H groups in total. The number of benzene rings is 3. The predicted molar refractivity (Wildman–Crippen MR) is 99.9 cm³/mol. The smallest absolute Gasteiger partial charge is 0.344 e. The maximum Gasteiger partial charge on any atom is 0.344 e. The molecule has 122 valence electrons. The van der Waals surface area contributed by atoms with E-state index in [1.165, 1.54) is 0 Å². The summed E-state index contributed by atoms with van der Waals surface area (Å²) in [5.74, 6) is 0.775. The van der Waals surface area contributed by atoms with Crippen molar-refractivity contribution in [3.05, 3.63) is 89.3 Å². The number of hydrogen-bond donors (Lipinski definition) is 0. The summed E-state index contributed by atoms with van der Waals surface area (Å²) < 4.78 is 10.8. The van der Waals surface area contributed by atoms with Gasteiger partial charge < -0.3 is 9.15 Å². The van der Waals surface area contributed by atoms with Gasteiger partial charge in [0.1, 0.15) is 11.3 Å². The van der Waals surface area contributed by atoms with Crippen LogP contribution in [0.25, 0.3) is 33.2 Å². The molecule has 0 atom stereocenters. The van der Waals surface area contributed by atoms with Crippen LogP contribution in [0.3, 0.4) is 0 Å². The van der Waals surface area contributed by atoms with Gasteiger partial charge in [-0.1, -0.05) is 60.7 Å². The molecule has 4 rings (SSSR count). The lowest BCUT2D eigenvalue weighted by Gasteiger charge is -2.12. The van der Waals surface area contributed by atoms with Crippen molar-refractivity contribution in [3.63, 3.8) is 0 Å². The Labute approximate surface area is 145 Å². The van der Waals surface area contributed by atoms with Gasteiger partial charge in [-0.2, -0.15) is 0 Å². The Balaban J connectivity index is 2.10. The van der Waals surface area contributed by atoms with Gasteiger partial charge in [-0.3, -0.25) is 0 Å². The van der Waals surface area contributed by atoms with Crippen LogP contribution in [0, 0.1) is 0 Å². The Hall–Kier alpha value is -3.33. The molecule has 0 fully saturated rings. The Bertz CT molecular complexity index is 1080. The van der Waals surface area contributed by atoms with Crippen LogP contribution >= 0.6 is 0 Å². The molecule has 3 heteroatoms. The zero-order valence-corrected chi connectivity index (χ0v) is 13.7. The fourth-order valence-corrected chi connectivity index (χ4v) is 3.07. The van der Waals surface area contributed by atoms with Crippen molar-refractivity contribution in [2.45, 2.75) is 0 Å². The van der Waals surface area contributed by atoms with Crippen LogP contribution in [-0.2, 0) is 0 Å². The molecule has 0 saturated heterocycles. The molecule has 0 radical (unpaired) electrons. The van der Waals surface area contributed by atoms with Gasteiger partial charge >= 0.3 is 5.63 Å². The third kappa shape index (κ3) is 2.70. The molecule has 0 aliphatic heterocycles. The number of fused-ring (bicyclic) bond motifs is 1. The van der Waals surface area contributed by atoms with Crippen LogP contribution in [0.1, 0.15) is 0 Å². The van der Waals surface area contributed by atoms with Crippen LogP contribution in [0.15, 0.2) is 88.1 Å². The highest BCUT2D eigenvalue weighted by molar-refractivity contribution is 6.01. The van der Waals surface area contributed by atoms with Crippen molar-refractivity contribution in [2.24, 2.45) is 0 Å². The van der Waals surface area contributed by atoms with E-state index in [1.807, 2.05) is 78.9 Å². The summed E-state index contributed by atoms with van der Waals surface area (Å²) in [6.07, 6.45) is 0. The molecule has 3 aromatic carbocycles. The molecular weight excluding hydrogens is 312 g/mol. The zero-order valence-electron chi connectivity index (χ0n) is 13.7. The highest BCUT2D eigenvalue weighted by atomic mass is 16.5. The monoisotopic (exact) mass is 328 g/mol. The summed E-state index contributed by atoms with van der Waals surface area (Å²) >= 11 is 0. The van der Waals surface area contributed by atoms with E-state index >= 15 is 0 Å². The summed E-state index contributed by atoms with van der Waals surface area (Å²) in [7, 11) is 1.64. The molecule has 25 heavy (non-hydrogen) atoms. The van der Waals surface area contributed by atoms with Gasteiger partial charge in [0.15, 0.2) is 0 Å². The molecule has 0 aliphatic carbocycles. The molecule has 0 aliphatic rings. The van der Waals surface area contributed by atoms with Gasteiger partial charge in [-0.05, 0) is 29.3 Å². The number of rotatable bonds is 3. The van der Waals surface area contributed by atoms with Crippen LogP contribution in [0.5, 0.6) is 5.75 Å². The highest BCUT2D eigenvalue weighted by Crippen LogP contribution is 2.36. The topological polar surface area (TPSA) is 39.4 Å². The fourth-order valence-electron chi connectivity index (χ4n) is 3.07. The second kappa shape index (κ2) is 6.29. The Morgan fingerprint density at radius 2 is 1.36 bits per heavy atom. The van der Waals surface area contributed by atoms with E-state index in [1.54, 1.807) is 7.11 Å². The first kappa shape index (κ1) is 15.2. The summed E-state index contributed by atoms with van der Waals surface area (Å²) in [5, 5.41) is 0.908. The number of ether oxygens (including phenoxy) is 1. The van der Waals surface area contributed by atoms with E-state index in [-0.39, 0.29) is 5.63 Å². The molecule has 0 spiro atoms. The van der Waals surface area contributed by atoms with E-state index in [0.717, 1.165) is 27.8 Å². The Morgan fingerprint density at radius 3 is 2.08 bits per heavy atom. The van der Waals surface area contributed by atoms with Gasteiger partial charge in [-0.15, -0.1) is 0 Å². The Morgan fingerprint density at radius 1 is 0.720 bits per heavy atom. The number of para-hydroxylation sites is 1. The van der Waals surface area contributed by atoms with Crippen LogP contribution in [-0.4, -0.2) is 7.11 Å². The van der Waals surface area contributed by atoms with Crippen molar-refractivity contribution >= 4 is 11.0 Å². The van der Waals surface area contributed by atoms with E-state index < -0.39 is 0 Å². The van der Waals surface area contributed by atoms with Gasteiger partial charge in [0.25, 0.3) is 0 Å². The molecule has 0 unspecified atom stereocenters. The maximum absolute atomic E-state index is 12.8. The van der Waals surface area contributed by atoms with Gasteiger partial charge in [-0.25, -0.2) is 4.79 Å². The molecular formula is C22H16O3. The molecule has 3 nitrogen and oxygen atoms in total. The van der Waals surface area contributed by atoms with Crippen molar-refractivity contribution < 1.29 is 9.15 Å². The first-order valence-electron chi connectivity index (χ1n) is 8.03. The standard InChI is InChI=1S/C22H16O3/c1-24-17-13-11-16(12-14-17)20-18-9-5-6-10-19(18)25-22(23)21(20)15-7-3-2-4-8-15/h2-14H,1H3. The molecule has 1 heterocycles. The van der Waals surface area contributed by atoms with Gasteiger partial charge in [0.05, 0.1) is 12.7 Å². The molecule has 0 amide bonds. The average Bonchev–Trinajstić information content (AvgIpc) is 2.67. The quantitative estimate of drug-likeness (QED) is 0.489. The number of hydrogen-bond acceptors (Lipinski definition) is 3. The average molecular weight is 328 g/mol. The predicted octanol–water partition coefficient (Wildman–Crippen LogP) is 5.14. The first-order valence-corrected chi connectivity index (χ1v) is 8.03. The second-order valence-electron chi connectivity index (χ2n) is 5.73. The summed E-state index contributed by atoms with van der Waals surface area (Å²) in [6, 6.07) is 24.9. The van der Waals surface area contributed by atoms with Crippen LogP contribution in [0.2, 0.25) is 0 Å².